The molecule has 1 aliphatic carbocycles. The molecule has 0 radical (unpaired) electrons. The van der Waals surface area contributed by atoms with E-state index in [9.17, 15) is 8.78 Å². The van der Waals surface area contributed by atoms with E-state index in [1.165, 1.54) is 0 Å². The van der Waals surface area contributed by atoms with Gasteiger partial charge in [0.05, 0.1) is 11.6 Å². The minimum Gasteiger partial charge on any atom is -0.319 e. The summed E-state index contributed by atoms with van der Waals surface area (Å²) in [6, 6.07) is 1.68. The smallest absolute Gasteiger partial charge is 0.319 e. The van der Waals surface area contributed by atoms with Crippen molar-refractivity contribution in [3.05, 3.63) is 24.3 Å². The van der Waals surface area contributed by atoms with E-state index < -0.39 is 18.3 Å². The standard InChI is InChI=1S/C9H11F2N3O/c10-8(11)15-6-4-9(12,5-6)7-13-2-1-3-14-7/h1-3,6,8H,4-5,12H2. The average molecular weight is 215 g/mol. The Bertz CT molecular complexity index is 327. The van der Waals surface area contributed by atoms with Gasteiger partial charge in [0.2, 0.25) is 0 Å². The first-order valence-corrected chi connectivity index (χ1v) is 4.60. The topological polar surface area (TPSA) is 61.0 Å². The highest BCUT2D eigenvalue weighted by atomic mass is 19.3. The molecule has 1 saturated carbocycles. The Labute approximate surface area is 85.5 Å². The SMILES string of the molecule is NC1(c2ncccn2)CC(OC(F)F)C1. The van der Waals surface area contributed by atoms with E-state index in [2.05, 4.69) is 14.7 Å². The number of rotatable bonds is 3. The molecule has 15 heavy (non-hydrogen) atoms. The van der Waals surface area contributed by atoms with E-state index >= 15 is 0 Å². The number of aromatic nitrogens is 2. The van der Waals surface area contributed by atoms with Crippen molar-refractivity contribution in [3.63, 3.8) is 0 Å². The van der Waals surface area contributed by atoms with Crippen LogP contribution >= 0.6 is 0 Å². The molecular formula is C9H11F2N3O. The maximum absolute atomic E-state index is 11.9. The van der Waals surface area contributed by atoms with E-state index in [4.69, 9.17) is 5.73 Å². The minimum atomic E-state index is -2.74. The summed E-state index contributed by atoms with van der Waals surface area (Å²) in [5.74, 6) is 0.485. The zero-order valence-electron chi connectivity index (χ0n) is 7.94. The Hall–Kier alpha value is -1.14. The Balaban J connectivity index is 1.97. The van der Waals surface area contributed by atoms with Crippen LogP contribution in [0.15, 0.2) is 18.5 Å². The lowest BCUT2D eigenvalue weighted by Crippen LogP contribution is -2.54. The molecule has 1 aromatic rings. The predicted octanol–water partition coefficient (Wildman–Crippen LogP) is 1.03. The molecule has 82 valence electrons. The zero-order chi connectivity index (χ0) is 10.9. The van der Waals surface area contributed by atoms with Crippen LogP contribution in [-0.2, 0) is 10.3 Å². The quantitative estimate of drug-likeness (QED) is 0.818. The van der Waals surface area contributed by atoms with Gasteiger partial charge in [-0.2, -0.15) is 8.78 Å². The molecule has 0 atom stereocenters. The van der Waals surface area contributed by atoms with Crippen LogP contribution in [0.4, 0.5) is 8.78 Å². The summed E-state index contributed by atoms with van der Waals surface area (Å²) < 4.78 is 28.1. The van der Waals surface area contributed by atoms with Crippen LogP contribution in [0.2, 0.25) is 0 Å². The molecular weight excluding hydrogens is 204 g/mol. The summed E-state index contributed by atoms with van der Waals surface area (Å²) in [6.45, 7) is -2.74. The normalized spacial score (nSPS) is 30.3. The third-order valence-electron chi connectivity index (χ3n) is 2.49. The molecule has 2 N–H and O–H groups in total. The second-order valence-electron chi connectivity index (χ2n) is 3.66. The molecule has 0 aliphatic heterocycles. The first-order valence-electron chi connectivity index (χ1n) is 4.60. The Morgan fingerprint density at radius 3 is 2.53 bits per heavy atom. The fourth-order valence-corrected chi connectivity index (χ4v) is 1.73. The molecule has 6 heteroatoms. The van der Waals surface area contributed by atoms with Crippen molar-refractivity contribution in [2.75, 3.05) is 0 Å². The van der Waals surface area contributed by atoms with Gasteiger partial charge in [-0.3, -0.25) is 0 Å². The lowest BCUT2D eigenvalue weighted by molar-refractivity contribution is -0.196. The van der Waals surface area contributed by atoms with Gasteiger partial charge in [0, 0.05) is 12.4 Å². The first kappa shape index (κ1) is 10.4. The number of halogens is 2. The van der Waals surface area contributed by atoms with E-state index in [0.717, 1.165) is 0 Å². The summed E-state index contributed by atoms with van der Waals surface area (Å²) in [5.41, 5.74) is 5.23. The van der Waals surface area contributed by atoms with Crippen LogP contribution < -0.4 is 5.73 Å². The summed E-state index contributed by atoms with van der Waals surface area (Å²) in [4.78, 5) is 8.01. The van der Waals surface area contributed by atoms with Crippen molar-refractivity contribution < 1.29 is 13.5 Å². The summed E-state index contributed by atoms with van der Waals surface area (Å²) in [5, 5.41) is 0. The van der Waals surface area contributed by atoms with Crippen LogP contribution in [-0.4, -0.2) is 22.7 Å². The molecule has 0 saturated heterocycles. The third-order valence-corrected chi connectivity index (χ3v) is 2.49. The van der Waals surface area contributed by atoms with Crippen molar-refractivity contribution in [1.82, 2.24) is 9.97 Å². The molecule has 1 fully saturated rings. The highest BCUT2D eigenvalue weighted by molar-refractivity contribution is 5.12. The molecule has 0 aromatic carbocycles. The monoisotopic (exact) mass is 215 g/mol. The van der Waals surface area contributed by atoms with Gasteiger partial charge in [0.1, 0.15) is 5.82 Å². The van der Waals surface area contributed by atoms with Crippen LogP contribution in [0.25, 0.3) is 0 Å². The Kier molecular flexibility index (Phi) is 2.62. The lowest BCUT2D eigenvalue weighted by atomic mass is 9.74. The van der Waals surface area contributed by atoms with Gasteiger partial charge in [-0.15, -0.1) is 0 Å². The van der Waals surface area contributed by atoms with Gasteiger partial charge in [0.25, 0.3) is 0 Å². The van der Waals surface area contributed by atoms with Crippen LogP contribution in [0.5, 0.6) is 0 Å². The molecule has 1 aliphatic rings. The van der Waals surface area contributed by atoms with Gasteiger partial charge in [0.15, 0.2) is 0 Å². The van der Waals surface area contributed by atoms with Crippen molar-refractivity contribution >= 4 is 0 Å². The van der Waals surface area contributed by atoms with Crippen molar-refractivity contribution in [3.8, 4) is 0 Å². The van der Waals surface area contributed by atoms with E-state index in [1.54, 1.807) is 18.5 Å². The Morgan fingerprint density at radius 2 is 2.00 bits per heavy atom. The second-order valence-corrected chi connectivity index (χ2v) is 3.66. The zero-order valence-corrected chi connectivity index (χ0v) is 7.94. The molecule has 0 unspecified atom stereocenters. The molecule has 4 nitrogen and oxygen atoms in total. The third kappa shape index (κ3) is 2.10. The summed E-state index contributed by atoms with van der Waals surface area (Å²) >= 11 is 0. The number of ether oxygens (including phenoxy) is 1. The van der Waals surface area contributed by atoms with Gasteiger partial charge in [-0.1, -0.05) is 0 Å². The van der Waals surface area contributed by atoms with Gasteiger partial charge >= 0.3 is 6.61 Å². The molecule has 2 rings (SSSR count). The molecule has 1 heterocycles. The fraction of sp³-hybridized carbons (Fsp3) is 0.556. The van der Waals surface area contributed by atoms with Crippen molar-refractivity contribution in [1.29, 1.82) is 0 Å². The summed E-state index contributed by atoms with van der Waals surface area (Å²) in [6.07, 6.45) is 3.35. The number of nitrogens with two attached hydrogens (primary N) is 1. The molecule has 0 bridgehead atoms. The highest BCUT2D eigenvalue weighted by Gasteiger charge is 2.46. The van der Waals surface area contributed by atoms with E-state index in [1.807, 2.05) is 0 Å². The largest absolute Gasteiger partial charge is 0.345 e. The summed E-state index contributed by atoms with van der Waals surface area (Å²) in [7, 11) is 0. The lowest BCUT2D eigenvalue weighted by Gasteiger charge is -2.42. The van der Waals surface area contributed by atoms with E-state index in [-0.39, 0.29) is 0 Å². The van der Waals surface area contributed by atoms with Gasteiger partial charge in [-0.05, 0) is 18.9 Å². The van der Waals surface area contributed by atoms with Crippen LogP contribution in [0.1, 0.15) is 18.7 Å². The van der Waals surface area contributed by atoms with Crippen LogP contribution in [0.3, 0.4) is 0 Å². The maximum Gasteiger partial charge on any atom is 0.345 e. The van der Waals surface area contributed by atoms with Crippen LogP contribution in [0, 0.1) is 0 Å². The number of hydrogen-bond acceptors (Lipinski definition) is 4. The Morgan fingerprint density at radius 1 is 1.40 bits per heavy atom. The van der Waals surface area contributed by atoms with Gasteiger partial charge in [-0.25, -0.2) is 9.97 Å². The first-order chi connectivity index (χ1) is 7.10. The number of alkyl halides is 2. The van der Waals surface area contributed by atoms with Gasteiger partial charge < -0.3 is 10.5 Å². The van der Waals surface area contributed by atoms with Crippen molar-refractivity contribution in [2.45, 2.75) is 31.1 Å². The maximum atomic E-state index is 11.9. The second kappa shape index (κ2) is 3.79. The minimum absolute atomic E-state index is 0.335. The van der Waals surface area contributed by atoms with E-state index in [0.29, 0.717) is 18.7 Å². The fourth-order valence-electron chi connectivity index (χ4n) is 1.73. The highest BCUT2D eigenvalue weighted by Crippen LogP contribution is 2.39. The molecule has 0 spiro atoms. The average Bonchev–Trinajstić information content (AvgIpc) is 2.16. The predicted molar refractivity (Wildman–Crippen MR) is 48.0 cm³/mol. The number of nitrogens with zero attached hydrogens (tertiary/aromatic N) is 2. The number of hydrogen-bond donors (Lipinski definition) is 1. The molecule has 1 aromatic heterocycles. The van der Waals surface area contributed by atoms with Crippen molar-refractivity contribution in [2.24, 2.45) is 5.73 Å². The molecule has 0 amide bonds.